The molecule has 0 radical (unpaired) electrons. The van der Waals surface area contributed by atoms with Crippen molar-refractivity contribution in [3.8, 4) is 11.4 Å². The van der Waals surface area contributed by atoms with Crippen molar-refractivity contribution in [2.24, 2.45) is 0 Å². The number of halogens is 1. The highest BCUT2D eigenvalue weighted by Gasteiger charge is 2.15. The fraction of sp³-hybridized carbons (Fsp3) is 0.364. The van der Waals surface area contributed by atoms with Gasteiger partial charge in [-0.3, -0.25) is 0 Å². The lowest BCUT2D eigenvalue weighted by atomic mass is 10.1. The summed E-state index contributed by atoms with van der Waals surface area (Å²) in [4.78, 5) is 0. The average Bonchev–Trinajstić information content (AvgIpc) is 2.78. The van der Waals surface area contributed by atoms with E-state index in [9.17, 15) is 0 Å². The number of rotatable bonds is 5. The molecule has 0 aliphatic rings. The number of hydrogen-bond donors (Lipinski definition) is 1. The first-order valence-corrected chi connectivity index (χ1v) is 6.00. The molecule has 18 heavy (non-hydrogen) atoms. The monoisotopic (exact) mass is 267 g/mol. The lowest BCUT2D eigenvalue weighted by molar-refractivity contribution is 0.136. The smallest absolute Gasteiger partial charge is 0.185 e. The molecule has 2 rings (SSSR count). The molecule has 0 aliphatic carbocycles. The molecule has 0 saturated carbocycles. The Morgan fingerprint density at radius 3 is 3.00 bits per heavy atom. The van der Waals surface area contributed by atoms with Crippen LogP contribution >= 0.6 is 11.6 Å². The van der Waals surface area contributed by atoms with E-state index in [0.717, 1.165) is 0 Å². The van der Waals surface area contributed by atoms with Gasteiger partial charge in [0.2, 0.25) is 0 Å². The average molecular weight is 268 g/mol. The highest BCUT2D eigenvalue weighted by atomic mass is 35.5. The van der Waals surface area contributed by atoms with Crippen molar-refractivity contribution in [3.05, 3.63) is 23.2 Å². The summed E-state index contributed by atoms with van der Waals surface area (Å²) in [6.45, 7) is 3.69. The number of nitrogens with zero attached hydrogens (tertiary/aromatic N) is 4. The van der Waals surface area contributed by atoms with Crippen LogP contribution in [0.3, 0.4) is 0 Å². The van der Waals surface area contributed by atoms with E-state index in [0.29, 0.717) is 41.9 Å². The first-order chi connectivity index (χ1) is 8.74. The molecule has 1 aromatic carbocycles. The summed E-state index contributed by atoms with van der Waals surface area (Å²) < 4.78 is 6.91. The molecular weight excluding hydrogens is 254 g/mol. The summed E-state index contributed by atoms with van der Waals surface area (Å²) in [5.41, 5.74) is 7.12. The Kier molecular flexibility index (Phi) is 4.11. The Labute approximate surface area is 110 Å². The number of nitrogens with two attached hydrogens (primary N) is 1. The minimum absolute atomic E-state index is 0.530. The predicted molar refractivity (Wildman–Crippen MR) is 69.2 cm³/mol. The van der Waals surface area contributed by atoms with E-state index in [1.54, 1.807) is 22.9 Å². The van der Waals surface area contributed by atoms with Crippen LogP contribution in [0.5, 0.6) is 0 Å². The van der Waals surface area contributed by atoms with Crippen molar-refractivity contribution < 1.29 is 4.74 Å². The van der Waals surface area contributed by atoms with Crippen LogP contribution in [-0.4, -0.2) is 33.4 Å². The molecule has 0 spiro atoms. The summed E-state index contributed by atoms with van der Waals surface area (Å²) in [5, 5.41) is 12.1. The molecule has 0 unspecified atom stereocenters. The van der Waals surface area contributed by atoms with Crippen LogP contribution in [0.4, 0.5) is 5.69 Å². The number of anilines is 1. The molecular formula is C11H14ClN5O. The molecule has 0 fully saturated rings. The quantitative estimate of drug-likeness (QED) is 0.658. The third-order valence-corrected chi connectivity index (χ3v) is 2.77. The van der Waals surface area contributed by atoms with Crippen molar-refractivity contribution >= 4 is 17.3 Å². The van der Waals surface area contributed by atoms with Crippen molar-refractivity contribution in [1.29, 1.82) is 0 Å². The minimum Gasteiger partial charge on any atom is -0.398 e. The van der Waals surface area contributed by atoms with Crippen molar-refractivity contribution in [2.75, 3.05) is 18.9 Å². The Bertz CT molecular complexity index is 508. The van der Waals surface area contributed by atoms with Crippen LogP contribution in [0.2, 0.25) is 5.02 Å². The van der Waals surface area contributed by atoms with Gasteiger partial charge in [0, 0.05) is 12.3 Å². The number of benzene rings is 1. The van der Waals surface area contributed by atoms with Gasteiger partial charge in [-0.1, -0.05) is 17.7 Å². The third-order valence-electron chi connectivity index (χ3n) is 2.45. The second-order valence-corrected chi connectivity index (χ2v) is 4.03. The highest BCUT2D eigenvalue weighted by Crippen LogP contribution is 2.31. The van der Waals surface area contributed by atoms with E-state index in [1.807, 2.05) is 6.92 Å². The normalized spacial score (nSPS) is 10.8. The lowest BCUT2D eigenvalue weighted by Crippen LogP contribution is -2.10. The molecule has 7 heteroatoms. The lowest BCUT2D eigenvalue weighted by Gasteiger charge is -2.08. The molecule has 1 heterocycles. The Balaban J connectivity index is 2.31. The van der Waals surface area contributed by atoms with Gasteiger partial charge in [-0.2, -0.15) is 0 Å². The van der Waals surface area contributed by atoms with Gasteiger partial charge in [0.05, 0.1) is 23.7 Å². The topological polar surface area (TPSA) is 78.8 Å². The molecule has 6 nitrogen and oxygen atoms in total. The van der Waals surface area contributed by atoms with Crippen LogP contribution in [0.25, 0.3) is 11.4 Å². The Morgan fingerprint density at radius 2 is 2.28 bits per heavy atom. The Morgan fingerprint density at radius 1 is 1.44 bits per heavy atom. The van der Waals surface area contributed by atoms with Gasteiger partial charge in [-0.25, -0.2) is 4.68 Å². The summed E-state index contributed by atoms with van der Waals surface area (Å²) in [5.74, 6) is 0.554. The number of hydrogen-bond acceptors (Lipinski definition) is 5. The minimum atomic E-state index is 0.530. The zero-order valence-corrected chi connectivity index (χ0v) is 10.8. The fourth-order valence-corrected chi connectivity index (χ4v) is 1.87. The van der Waals surface area contributed by atoms with Crippen LogP contribution in [0.1, 0.15) is 6.92 Å². The number of aromatic nitrogens is 4. The molecule has 2 aromatic rings. The van der Waals surface area contributed by atoms with Crippen LogP contribution in [0, 0.1) is 0 Å². The van der Waals surface area contributed by atoms with E-state index in [-0.39, 0.29) is 0 Å². The molecule has 0 bridgehead atoms. The zero-order valence-electron chi connectivity index (χ0n) is 10.0. The maximum atomic E-state index is 6.13. The zero-order chi connectivity index (χ0) is 13.0. The number of nitrogen functional groups attached to an aromatic ring is 1. The first kappa shape index (κ1) is 12.8. The summed E-state index contributed by atoms with van der Waals surface area (Å²) in [6, 6.07) is 5.31. The van der Waals surface area contributed by atoms with E-state index in [4.69, 9.17) is 22.1 Å². The maximum absolute atomic E-state index is 6.13. The van der Waals surface area contributed by atoms with Crippen LogP contribution in [0.15, 0.2) is 18.2 Å². The fourth-order valence-electron chi connectivity index (χ4n) is 1.61. The number of tetrazole rings is 1. The largest absolute Gasteiger partial charge is 0.398 e. The molecule has 0 saturated heterocycles. The van der Waals surface area contributed by atoms with Crippen LogP contribution < -0.4 is 5.73 Å². The molecule has 96 valence electrons. The van der Waals surface area contributed by atoms with E-state index in [2.05, 4.69) is 15.5 Å². The molecule has 0 amide bonds. The third kappa shape index (κ3) is 2.60. The summed E-state index contributed by atoms with van der Waals surface area (Å²) in [6.07, 6.45) is 0. The number of ether oxygens (including phenoxy) is 1. The van der Waals surface area contributed by atoms with E-state index < -0.39 is 0 Å². The van der Waals surface area contributed by atoms with Gasteiger partial charge in [0.15, 0.2) is 5.82 Å². The van der Waals surface area contributed by atoms with Gasteiger partial charge in [0.25, 0.3) is 0 Å². The van der Waals surface area contributed by atoms with Gasteiger partial charge < -0.3 is 10.5 Å². The highest BCUT2D eigenvalue weighted by molar-refractivity contribution is 6.33. The Hall–Kier alpha value is -1.66. The van der Waals surface area contributed by atoms with Crippen molar-refractivity contribution in [2.45, 2.75) is 13.5 Å². The van der Waals surface area contributed by atoms with Gasteiger partial charge in [0.1, 0.15) is 0 Å². The molecule has 1 aromatic heterocycles. The first-order valence-electron chi connectivity index (χ1n) is 5.62. The molecule has 0 aliphatic heterocycles. The second kappa shape index (κ2) is 5.79. The molecule has 2 N–H and O–H groups in total. The summed E-state index contributed by atoms with van der Waals surface area (Å²) >= 11 is 6.13. The van der Waals surface area contributed by atoms with Crippen molar-refractivity contribution in [3.63, 3.8) is 0 Å². The van der Waals surface area contributed by atoms with Crippen molar-refractivity contribution in [1.82, 2.24) is 20.2 Å². The van der Waals surface area contributed by atoms with Gasteiger partial charge >= 0.3 is 0 Å². The van der Waals surface area contributed by atoms with Crippen LogP contribution in [-0.2, 0) is 11.3 Å². The summed E-state index contributed by atoms with van der Waals surface area (Å²) in [7, 11) is 0. The van der Waals surface area contributed by atoms with E-state index >= 15 is 0 Å². The maximum Gasteiger partial charge on any atom is 0.185 e. The van der Waals surface area contributed by atoms with Gasteiger partial charge in [-0.05, 0) is 29.5 Å². The van der Waals surface area contributed by atoms with E-state index in [1.165, 1.54) is 0 Å². The SMILES string of the molecule is CCOCCn1nnnc1-c1c(N)cccc1Cl. The second-order valence-electron chi connectivity index (χ2n) is 3.63. The standard InChI is InChI=1S/C11H14ClN5O/c1-2-18-7-6-17-11(14-15-16-17)10-8(12)4-3-5-9(10)13/h3-5H,2,6-7,13H2,1H3. The predicted octanol–water partition coefficient (Wildman–Crippen LogP) is 1.61. The van der Waals surface area contributed by atoms with Gasteiger partial charge in [-0.15, -0.1) is 5.10 Å². The molecule has 0 atom stereocenters.